The summed E-state index contributed by atoms with van der Waals surface area (Å²) in [5, 5.41) is 35.5. The molecular weight excluding hydrogens is 1220 g/mol. The summed E-state index contributed by atoms with van der Waals surface area (Å²) in [7, 11) is 4.90. The zero-order valence-corrected chi connectivity index (χ0v) is 52.3. The van der Waals surface area contributed by atoms with Crippen LogP contribution in [0.5, 0.6) is 17.2 Å². The average molecular weight is 1280 g/mol. The van der Waals surface area contributed by atoms with E-state index in [9.17, 15) is 19.2 Å². The number of benzene rings is 3. The Morgan fingerprint density at radius 3 is 1.02 bits per heavy atom. The molecule has 1 saturated heterocycles. The summed E-state index contributed by atoms with van der Waals surface area (Å²) in [5.41, 5.74) is 19.6. The van der Waals surface area contributed by atoms with Gasteiger partial charge in [-0.2, -0.15) is 0 Å². The Balaban J connectivity index is 0.000000304. The monoisotopic (exact) mass is 1280 g/mol. The molecule has 10 aromatic rings. The maximum Gasteiger partial charge on any atom is 1.00 e. The number of aromatic carboxylic acids is 2. The standard InChI is InChI=1S/C18H16N4O2.C17H14N4O3.C11H9ClN2O.C7H8N2O.C6H6N2O2.C5H10O.Li.H2O2.H2O/c1-12(23)17-8-5-15(11-19-17)22-18-20-9-14(10-21-18)13-3-6-16(24-2)7-4-13;1-24-14-5-2-11(3-6-14)12-8-19-17(20-9-12)21-13-4-7-15(16(22)23)18-10-13;1-15-10-4-2-8(3-5-10)9-6-13-11(12)14-7-9;1-5(10)7-3-2-6(8)4-9-7;7-4-1-2-5(6(9)10)8-3-4;1-5-3-2-4-6-5;;1-2;/h3-11H,1-2H3,(H,20,21,22);2-10H,1H3,(H,22,23)(H,19,20,21);2-7H,1H3;2-4H,8H2,1H3;1-3H,7H2,(H,9,10);5H,2-4H2,1H3;;1-2H;1H2/q;;;;;;+1;;/p-1. The molecule has 0 spiro atoms. The van der Waals surface area contributed by atoms with E-state index >= 15 is 0 Å². The van der Waals surface area contributed by atoms with Gasteiger partial charge in [-0.05, 0) is 133 Å². The third-order valence-corrected chi connectivity index (χ3v) is 12.3. The molecule has 0 amide bonds. The summed E-state index contributed by atoms with van der Waals surface area (Å²) < 4.78 is 20.5. The molecular formula is C64H66ClLiN14O13. The minimum Gasteiger partial charge on any atom is -0.870 e. The Morgan fingerprint density at radius 1 is 0.462 bits per heavy atom. The fourth-order valence-electron chi connectivity index (χ4n) is 7.31. The molecule has 27 nitrogen and oxygen atoms in total. The first-order valence-corrected chi connectivity index (χ1v) is 27.5. The number of ketones is 2. The first kappa shape index (κ1) is 76.4. The molecule has 29 heteroatoms. The van der Waals surface area contributed by atoms with Gasteiger partial charge in [0.2, 0.25) is 17.2 Å². The van der Waals surface area contributed by atoms with Gasteiger partial charge in [0, 0.05) is 74.3 Å². The Labute approximate surface area is 551 Å². The van der Waals surface area contributed by atoms with Crippen LogP contribution in [0.25, 0.3) is 33.4 Å². The number of Topliss-reactive ketones (excluding diaryl/α,β-unsaturated/α-hetero) is 2. The van der Waals surface area contributed by atoms with Crippen molar-refractivity contribution in [1.29, 1.82) is 0 Å². The first-order chi connectivity index (χ1) is 43.9. The van der Waals surface area contributed by atoms with Crippen molar-refractivity contribution < 1.29 is 83.2 Å². The van der Waals surface area contributed by atoms with Crippen LogP contribution in [-0.2, 0) is 4.74 Å². The second-order valence-corrected chi connectivity index (χ2v) is 19.0. The van der Waals surface area contributed by atoms with E-state index in [0.717, 1.165) is 62.9 Å². The predicted octanol–water partition coefficient (Wildman–Crippen LogP) is 8.55. The van der Waals surface area contributed by atoms with Gasteiger partial charge in [-0.15, -0.1) is 0 Å². The van der Waals surface area contributed by atoms with Gasteiger partial charge in [-0.25, -0.2) is 49.5 Å². The third kappa shape index (κ3) is 26.6. The van der Waals surface area contributed by atoms with Gasteiger partial charge in [-0.1, -0.05) is 36.4 Å². The number of carboxylic acid groups (broad SMARTS) is 2. The minimum absolute atomic E-state index is 0. The van der Waals surface area contributed by atoms with E-state index in [2.05, 4.69) is 67.4 Å². The zero-order chi connectivity index (χ0) is 66.1. The molecule has 7 aromatic heterocycles. The number of nitrogens with two attached hydrogens (primary N) is 2. The number of nitrogens with one attached hydrogen (secondary N) is 2. The van der Waals surface area contributed by atoms with Crippen LogP contribution >= 0.6 is 11.6 Å². The second kappa shape index (κ2) is 40.7. The molecule has 11 N–H and O–H groups in total. The van der Waals surface area contributed by atoms with Crippen molar-refractivity contribution in [3.8, 4) is 50.6 Å². The SMILES string of the molecule is CC(=O)c1ccc(N)cn1.CC1CCCO1.COc1ccc(-c2cnc(Cl)nc2)cc1.COc1ccc(-c2cnc(Nc3ccc(C(=O)O)nc3)nc2)cc1.COc1ccc(-c2cnc(Nc3ccc(C(C)=O)nc3)nc2)cc1.Nc1ccc(C(=O)O)nc1.OO.[Li+].[OH-]. The van der Waals surface area contributed by atoms with Crippen LogP contribution in [0.1, 0.15) is 75.6 Å². The van der Waals surface area contributed by atoms with Crippen LogP contribution in [-0.4, -0.2) is 134 Å². The van der Waals surface area contributed by atoms with Crippen LogP contribution < -0.4 is 55.2 Å². The molecule has 11 rings (SSSR count). The van der Waals surface area contributed by atoms with Crippen molar-refractivity contribution in [2.24, 2.45) is 0 Å². The minimum atomic E-state index is -1.07. The van der Waals surface area contributed by atoms with Gasteiger partial charge in [0.15, 0.2) is 11.6 Å². The molecule has 478 valence electrons. The molecule has 1 aliphatic heterocycles. The number of hydrogen-bond acceptors (Lipinski definition) is 25. The van der Waals surface area contributed by atoms with E-state index in [1.165, 1.54) is 63.5 Å². The van der Waals surface area contributed by atoms with Gasteiger partial charge < -0.3 is 56.7 Å². The van der Waals surface area contributed by atoms with Crippen LogP contribution in [0.2, 0.25) is 5.28 Å². The van der Waals surface area contributed by atoms with Crippen molar-refractivity contribution in [3.05, 3.63) is 211 Å². The molecule has 93 heavy (non-hydrogen) atoms. The quantitative estimate of drug-likeness (QED) is 0.0166. The topological polar surface area (TPSA) is 421 Å². The number of pyridine rings is 4. The van der Waals surface area contributed by atoms with Crippen LogP contribution in [0, 0.1) is 0 Å². The number of nitrogen functional groups attached to an aromatic ring is 2. The predicted molar refractivity (Wildman–Crippen MR) is 345 cm³/mol. The Kier molecular flexibility index (Phi) is 33.4. The number of hydrogen-bond donors (Lipinski definition) is 8. The number of halogens is 1. The molecule has 1 unspecified atom stereocenters. The van der Waals surface area contributed by atoms with Crippen molar-refractivity contribution >= 4 is 69.8 Å². The van der Waals surface area contributed by atoms with E-state index in [0.29, 0.717) is 46.5 Å². The summed E-state index contributed by atoms with van der Waals surface area (Å²) >= 11 is 5.60. The normalized spacial score (nSPS) is 11.2. The Morgan fingerprint density at radius 2 is 0.774 bits per heavy atom. The van der Waals surface area contributed by atoms with Gasteiger partial charge in [0.05, 0.1) is 75.0 Å². The fraction of sp³-hybridized carbons (Fsp3) is 0.156. The summed E-state index contributed by atoms with van der Waals surface area (Å²) in [6.45, 7) is 6.06. The second-order valence-electron chi connectivity index (χ2n) is 18.6. The van der Waals surface area contributed by atoms with E-state index < -0.39 is 11.9 Å². The van der Waals surface area contributed by atoms with Crippen LogP contribution in [0.15, 0.2) is 183 Å². The third-order valence-electron chi connectivity index (χ3n) is 12.1. The molecule has 1 fully saturated rings. The average Bonchev–Trinajstić information content (AvgIpc) is 1.70. The van der Waals surface area contributed by atoms with Crippen molar-refractivity contribution in [1.82, 2.24) is 49.8 Å². The van der Waals surface area contributed by atoms with Crippen molar-refractivity contribution in [2.45, 2.75) is 39.7 Å². The van der Waals surface area contributed by atoms with Crippen LogP contribution in [0.4, 0.5) is 34.6 Å². The largest absolute Gasteiger partial charge is 1.00 e. The van der Waals surface area contributed by atoms with E-state index in [1.807, 2.05) is 72.8 Å². The number of rotatable bonds is 14. The molecule has 8 heterocycles. The van der Waals surface area contributed by atoms with Gasteiger partial charge >= 0.3 is 30.8 Å². The van der Waals surface area contributed by atoms with Gasteiger partial charge in [-0.3, -0.25) is 30.1 Å². The van der Waals surface area contributed by atoms with Gasteiger partial charge in [0.1, 0.15) is 40.0 Å². The molecule has 0 aliphatic carbocycles. The summed E-state index contributed by atoms with van der Waals surface area (Å²) in [4.78, 5) is 83.1. The smallest absolute Gasteiger partial charge is 0.870 e. The van der Waals surface area contributed by atoms with Crippen molar-refractivity contribution in [3.63, 3.8) is 0 Å². The number of carboxylic acids is 2. The maximum atomic E-state index is 11.2. The maximum absolute atomic E-state index is 11.2. The first-order valence-electron chi connectivity index (χ1n) is 27.1. The number of carbonyl (C=O) groups excluding carboxylic acids is 2. The number of methoxy groups -OCH3 is 3. The van der Waals surface area contributed by atoms with E-state index in [4.69, 9.17) is 62.7 Å². The number of anilines is 6. The Bertz CT molecular complexity index is 3610. The zero-order valence-electron chi connectivity index (χ0n) is 51.5. The molecule has 1 atom stereocenters. The number of carbonyl (C=O) groups is 4. The summed E-state index contributed by atoms with van der Waals surface area (Å²) in [6.07, 6.45) is 19.1. The molecule has 0 radical (unpaired) electrons. The fourth-order valence-corrected chi connectivity index (χ4v) is 7.41. The number of nitrogens with zero attached hydrogens (tertiary/aromatic N) is 10. The Hall–Kier alpha value is -10.9. The van der Waals surface area contributed by atoms with Crippen LogP contribution in [0.3, 0.4) is 0 Å². The van der Waals surface area contributed by atoms with Gasteiger partial charge in [0.25, 0.3) is 0 Å². The summed E-state index contributed by atoms with van der Waals surface area (Å²) in [5.74, 6) is 1.06. The molecule has 0 bridgehead atoms. The molecule has 0 saturated carbocycles. The molecule has 1 aliphatic rings. The number of ether oxygens (including phenoxy) is 4. The summed E-state index contributed by atoms with van der Waals surface area (Å²) in [6, 6.07) is 35.6. The van der Waals surface area contributed by atoms with E-state index in [-0.39, 0.29) is 52.6 Å². The van der Waals surface area contributed by atoms with Crippen molar-refractivity contribution in [2.75, 3.05) is 50.0 Å². The van der Waals surface area contributed by atoms with E-state index in [1.54, 1.807) is 95.0 Å². The molecule has 3 aromatic carbocycles. The number of aromatic nitrogens is 10.